The first-order chi connectivity index (χ1) is 15.4. The minimum Gasteiger partial charge on any atom is -0.332 e. The molecule has 0 spiro atoms. The van der Waals surface area contributed by atoms with Gasteiger partial charge < -0.3 is 4.90 Å². The predicted octanol–water partition coefficient (Wildman–Crippen LogP) is 5.02. The number of rotatable bonds is 7. The molecule has 0 aliphatic heterocycles. The van der Waals surface area contributed by atoms with Crippen LogP contribution in [0.5, 0.6) is 0 Å². The third kappa shape index (κ3) is 4.76. The van der Waals surface area contributed by atoms with E-state index in [2.05, 4.69) is 12.1 Å². The number of thiophene rings is 1. The molecular weight excluding hydrogens is 442 g/mol. The molecule has 32 heavy (non-hydrogen) atoms. The zero-order valence-electron chi connectivity index (χ0n) is 18.0. The van der Waals surface area contributed by atoms with E-state index >= 15 is 0 Å². The molecule has 1 amide bonds. The van der Waals surface area contributed by atoms with Crippen LogP contribution in [0.1, 0.15) is 29.2 Å². The van der Waals surface area contributed by atoms with Crippen molar-refractivity contribution in [1.82, 2.24) is 14.5 Å². The summed E-state index contributed by atoms with van der Waals surface area (Å²) in [5.74, 6) is 0.550. The first kappa shape index (κ1) is 22.2. The number of fused-ring (bicyclic) bond motifs is 1. The zero-order valence-corrected chi connectivity index (χ0v) is 19.6. The maximum Gasteiger partial charge on any atom is 0.261 e. The smallest absolute Gasteiger partial charge is 0.261 e. The van der Waals surface area contributed by atoms with Crippen molar-refractivity contribution in [3.05, 3.63) is 97.7 Å². The molecule has 5 nitrogen and oxygen atoms in total. The van der Waals surface area contributed by atoms with Crippen molar-refractivity contribution in [3.63, 3.8) is 0 Å². The van der Waals surface area contributed by atoms with Crippen molar-refractivity contribution in [1.29, 1.82) is 0 Å². The Bertz CT molecular complexity index is 1290. The van der Waals surface area contributed by atoms with E-state index in [1.807, 2.05) is 47.5 Å². The van der Waals surface area contributed by atoms with Gasteiger partial charge in [0.25, 0.3) is 5.56 Å². The van der Waals surface area contributed by atoms with Crippen molar-refractivity contribution >= 4 is 39.7 Å². The number of hydrogen-bond acceptors (Lipinski definition) is 4. The lowest BCUT2D eigenvalue weighted by Gasteiger charge is -2.30. The second kappa shape index (κ2) is 9.67. The average Bonchev–Trinajstić information content (AvgIpc) is 3.29. The summed E-state index contributed by atoms with van der Waals surface area (Å²) in [6, 6.07) is 18.7. The number of carbonyl (C=O) groups excluding carboxylic acids is 1. The summed E-state index contributed by atoms with van der Waals surface area (Å²) >= 11 is 7.71. The quantitative estimate of drug-likeness (QED) is 0.385. The lowest BCUT2D eigenvalue weighted by atomic mass is 10.1. The van der Waals surface area contributed by atoms with Gasteiger partial charge in [-0.2, -0.15) is 0 Å². The number of amides is 1. The summed E-state index contributed by atoms with van der Waals surface area (Å²) in [6.45, 7) is 2.45. The molecule has 7 heteroatoms. The molecule has 2 aromatic heterocycles. The Labute approximate surface area is 195 Å². The lowest BCUT2D eigenvalue weighted by molar-refractivity contribution is -0.132. The molecule has 0 aliphatic carbocycles. The van der Waals surface area contributed by atoms with Crippen LogP contribution in [0.15, 0.2) is 70.8 Å². The molecule has 0 aliphatic rings. The van der Waals surface area contributed by atoms with E-state index in [1.165, 1.54) is 4.57 Å². The molecule has 0 saturated carbocycles. The second-order valence-electron chi connectivity index (χ2n) is 7.75. The van der Waals surface area contributed by atoms with Crippen molar-refractivity contribution in [3.8, 4) is 0 Å². The Balaban J connectivity index is 1.69. The van der Waals surface area contributed by atoms with Gasteiger partial charge in [-0.3, -0.25) is 14.2 Å². The molecule has 0 radical (unpaired) electrons. The van der Waals surface area contributed by atoms with Crippen LogP contribution in [-0.4, -0.2) is 26.9 Å². The lowest BCUT2D eigenvalue weighted by Crippen LogP contribution is -2.39. The van der Waals surface area contributed by atoms with Gasteiger partial charge in [-0.25, -0.2) is 4.98 Å². The Morgan fingerprint density at radius 2 is 1.94 bits per heavy atom. The Kier molecular flexibility index (Phi) is 6.72. The Morgan fingerprint density at radius 3 is 2.66 bits per heavy atom. The highest BCUT2D eigenvalue weighted by Crippen LogP contribution is 2.23. The highest BCUT2D eigenvalue weighted by Gasteiger charge is 2.25. The topological polar surface area (TPSA) is 55.2 Å². The van der Waals surface area contributed by atoms with Crippen LogP contribution in [0, 0.1) is 0 Å². The molecule has 0 bridgehead atoms. The highest BCUT2D eigenvalue weighted by molar-refractivity contribution is 7.10. The minimum absolute atomic E-state index is 0.0105. The van der Waals surface area contributed by atoms with E-state index in [9.17, 15) is 9.59 Å². The van der Waals surface area contributed by atoms with Gasteiger partial charge in [0.1, 0.15) is 5.82 Å². The number of carbonyl (C=O) groups is 1. The standard InChI is InChI=1S/C25H24ClN3O2S/c1-17(24-27-22-15-19(26)10-11-21(22)25(31)28(24)2)29(13-12-18-7-4-3-5-8-18)23(30)16-20-9-6-14-32-20/h3-11,14-15,17H,12-13,16H2,1-2H3. The van der Waals surface area contributed by atoms with Crippen LogP contribution >= 0.6 is 22.9 Å². The third-order valence-electron chi connectivity index (χ3n) is 5.62. The van der Waals surface area contributed by atoms with Crippen molar-refractivity contribution in [2.75, 3.05) is 6.54 Å². The van der Waals surface area contributed by atoms with Gasteiger partial charge in [0, 0.05) is 23.5 Å². The fourth-order valence-electron chi connectivity index (χ4n) is 3.87. The normalized spacial score (nSPS) is 12.1. The second-order valence-corrected chi connectivity index (χ2v) is 9.22. The number of hydrogen-bond donors (Lipinski definition) is 0. The van der Waals surface area contributed by atoms with Crippen LogP contribution in [0.25, 0.3) is 10.9 Å². The number of halogens is 1. The molecule has 1 atom stereocenters. The molecule has 4 rings (SSSR count). The zero-order chi connectivity index (χ0) is 22.7. The SMILES string of the molecule is CC(c1nc2cc(Cl)ccc2c(=O)n1C)N(CCc1ccccc1)C(=O)Cc1cccs1. The largest absolute Gasteiger partial charge is 0.332 e. The number of benzene rings is 2. The van der Waals surface area contributed by atoms with Crippen molar-refractivity contribution in [2.24, 2.45) is 7.05 Å². The molecule has 2 heterocycles. The van der Waals surface area contributed by atoms with Gasteiger partial charge in [-0.15, -0.1) is 11.3 Å². The monoisotopic (exact) mass is 465 g/mol. The van der Waals surface area contributed by atoms with Gasteiger partial charge in [0.2, 0.25) is 5.91 Å². The summed E-state index contributed by atoms with van der Waals surface area (Å²) in [6.07, 6.45) is 1.04. The fourth-order valence-corrected chi connectivity index (χ4v) is 4.73. The van der Waals surface area contributed by atoms with Crippen molar-refractivity contribution in [2.45, 2.75) is 25.8 Å². The van der Waals surface area contributed by atoms with Gasteiger partial charge in [0.05, 0.1) is 23.4 Å². The van der Waals surface area contributed by atoms with Crippen LogP contribution in [0.4, 0.5) is 0 Å². The van der Waals surface area contributed by atoms with Gasteiger partial charge >= 0.3 is 0 Å². The van der Waals surface area contributed by atoms with Gasteiger partial charge in [0.15, 0.2) is 0 Å². The van der Waals surface area contributed by atoms with E-state index in [0.717, 1.165) is 10.4 Å². The fraction of sp³-hybridized carbons (Fsp3) is 0.240. The maximum absolute atomic E-state index is 13.4. The number of aromatic nitrogens is 2. The third-order valence-corrected chi connectivity index (χ3v) is 6.74. The molecule has 0 saturated heterocycles. The van der Waals surface area contributed by atoms with E-state index in [1.54, 1.807) is 36.6 Å². The maximum atomic E-state index is 13.4. The summed E-state index contributed by atoms with van der Waals surface area (Å²) in [5.41, 5.74) is 1.54. The van der Waals surface area contributed by atoms with Crippen LogP contribution in [-0.2, 0) is 24.7 Å². The van der Waals surface area contributed by atoms with Crippen LogP contribution in [0.2, 0.25) is 5.02 Å². The Morgan fingerprint density at radius 1 is 1.16 bits per heavy atom. The summed E-state index contributed by atoms with van der Waals surface area (Å²) in [4.78, 5) is 33.9. The summed E-state index contributed by atoms with van der Waals surface area (Å²) in [7, 11) is 1.70. The molecule has 1 unspecified atom stereocenters. The molecule has 0 N–H and O–H groups in total. The highest BCUT2D eigenvalue weighted by atomic mass is 35.5. The van der Waals surface area contributed by atoms with Gasteiger partial charge in [-0.05, 0) is 48.6 Å². The summed E-state index contributed by atoms with van der Waals surface area (Å²) < 4.78 is 1.54. The van der Waals surface area contributed by atoms with E-state index < -0.39 is 0 Å². The van der Waals surface area contributed by atoms with Crippen LogP contribution in [0.3, 0.4) is 0 Å². The molecule has 4 aromatic rings. The van der Waals surface area contributed by atoms with E-state index in [4.69, 9.17) is 16.6 Å². The van der Waals surface area contributed by atoms with Crippen molar-refractivity contribution < 1.29 is 4.79 Å². The van der Waals surface area contributed by atoms with Crippen LogP contribution < -0.4 is 5.56 Å². The molecule has 2 aromatic carbocycles. The molecule has 0 fully saturated rings. The molecular formula is C25H24ClN3O2S. The van der Waals surface area contributed by atoms with E-state index in [-0.39, 0.29) is 17.5 Å². The van der Waals surface area contributed by atoms with E-state index in [0.29, 0.717) is 41.1 Å². The first-order valence-electron chi connectivity index (χ1n) is 10.5. The summed E-state index contributed by atoms with van der Waals surface area (Å²) in [5, 5.41) is 3.00. The first-order valence-corrected chi connectivity index (χ1v) is 11.7. The predicted molar refractivity (Wildman–Crippen MR) is 130 cm³/mol. The Hall–Kier alpha value is -2.96. The average molecular weight is 466 g/mol. The van der Waals surface area contributed by atoms with Gasteiger partial charge in [-0.1, -0.05) is 48.0 Å². The molecule has 164 valence electrons. The number of nitrogens with zero attached hydrogens (tertiary/aromatic N) is 3. The minimum atomic E-state index is -0.382.